The van der Waals surface area contributed by atoms with Crippen molar-refractivity contribution in [2.24, 2.45) is 34.6 Å². The molecule has 4 bridgehead atoms. The first-order valence-corrected chi connectivity index (χ1v) is 47.4. The third-order valence-electron chi connectivity index (χ3n) is 21.6. The molecule has 43 heteroatoms. The Kier molecular flexibility index (Phi) is 43.9. The molecule has 0 aliphatic carbocycles. The van der Waals surface area contributed by atoms with Gasteiger partial charge in [0.2, 0.25) is 76.8 Å². The second-order valence-electron chi connectivity index (χ2n) is 33.9. The van der Waals surface area contributed by atoms with E-state index in [0.717, 1.165) is 11.8 Å². The number of carboxylic acid groups (broad SMARTS) is 4. The zero-order valence-corrected chi connectivity index (χ0v) is 78.1. The summed E-state index contributed by atoms with van der Waals surface area (Å²) >= 11 is 3.70. The number of aliphatic carboxylic acids is 4. The lowest BCUT2D eigenvalue weighted by molar-refractivity contribution is -0.142. The number of ether oxygens (including phenoxy) is 3. The van der Waals surface area contributed by atoms with Crippen LogP contribution in [0.2, 0.25) is 0 Å². The van der Waals surface area contributed by atoms with E-state index in [9.17, 15) is 102 Å². The van der Waals surface area contributed by atoms with Crippen LogP contribution in [0.3, 0.4) is 0 Å². The van der Waals surface area contributed by atoms with Gasteiger partial charge < -0.3 is 110 Å². The molecule has 20 N–H and O–H groups in total. The molecule has 0 saturated carbocycles. The number of phenolic OH excluding ortho intramolecular Hbond substituents is 1. The second-order valence-corrected chi connectivity index (χ2v) is 37.3. The molecule has 2 heterocycles. The van der Waals surface area contributed by atoms with Crippen molar-refractivity contribution >= 4 is 158 Å². The number of phenols is 1. The van der Waals surface area contributed by atoms with E-state index in [0.29, 0.717) is 52.0 Å². The highest BCUT2D eigenvalue weighted by atomic mass is 32.2. The number of carbonyl (C=O) groups is 19. The second kappa shape index (κ2) is 54.3. The molecule has 7 rings (SSSR count). The van der Waals surface area contributed by atoms with E-state index < -0.39 is 272 Å². The van der Waals surface area contributed by atoms with Crippen molar-refractivity contribution in [3.63, 3.8) is 0 Å². The van der Waals surface area contributed by atoms with Gasteiger partial charge in [-0.15, -0.1) is 0 Å². The van der Waals surface area contributed by atoms with Gasteiger partial charge in [0.15, 0.2) is 11.6 Å². The molecule has 0 fully saturated rings. The van der Waals surface area contributed by atoms with E-state index in [1.165, 1.54) is 73.8 Å². The van der Waals surface area contributed by atoms with Crippen LogP contribution in [-0.2, 0) is 110 Å². The number of primary amides is 2. The van der Waals surface area contributed by atoms with E-state index in [1.54, 1.807) is 107 Å². The van der Waals surface area contributed by atoms with Gasteiger partial charge in [0.05, 0.1) is 57.1 Å². The minimum absolute atomic E-state index is 0.0102. The van der Waals surface area contributed by atoms with Crippen LogP contribution in [0.4, 0.5) is 0 Å². The van der Waals surface area contributed by atoms with Crippen LogP contribution in [0.5, 0.6) is 23.0 Å². The molecule has 732 valence electrons. The minimum Gasteiger partial charge on any atom is -0.508 e. The maximum absolute atomic E-state index is 15.1. The number of carbonyl (C=O) groups excluding carboxylic acids is 15. The van der Waals surface area contributed by atoms with E-state index in [4.69, 9.17) is 25.7 Å². The zero-order valence-electron chi connectivity index (χ0n) is 75.6. The lowest BCUT2D eigenvalue weighted by atomic mass is 9.81. The molecule has 40 nitrogen and oxygen atoms in total. The molecule has 0 saturated heterocycles. The van der Waals surface area contributed by atoms with Crippen molar-refractivity contribution in [2.75, 3.05) is 54.3 Å². The Hall–Kier alpha value is -13.1. The smallest absolute Gasteiger partial charge is 0.305 e. The predicted octanol–water partition coefficient (Wildman–Crippen LogP) is 2.05. The van der Waals surface area contributed by atoms with Crippen LogP contribution >= 0.6 is 35.3 Å². The number of ketones is 2. The van der Waals surface area contributed by atoms with Crippen molar-refractivity contribution in [3.8, 4) is 23.0 Å². The molecule has 0 spiro atoms. The standard InChI is InChI=1S/C92H119N13O27S3/c1-50-47-133-33-13-30-130-60-41-61-43-62(42-60)132-32-15-35-135-49-71(104-83(121)52(3)96-84(122)57(38-56-20-12-19-55-18-10-11-21-63(55)56)39-72(107)64(26-28-75(110)111)97-88(126)68(44-74(93)109)99-82(120)51(2)95-81(50)119)91(129)98-65(27-29-76(112)113)85(123)102-69(45-77(114)115)89(127)101-66(36-53-16-8-7-9-17-53)86(124)100-67(37-54-22-24-59(106)25-23-54)87(125)103-70(46-78(116)117)90(128)105-79(92(4,5)6)73(108)40-58(80(94)118)48-134-34-14-31-131-61/h7-12,16-25,41-43,50-52,57-58,64-71,79,106H,13-15,26-40,44-49H2,1-6H3,(H2,93,109)(H2,94,118)(H,95,119)(H,96,122)(H,97,126)(H,98,129)(H,99,120)(H,100,124)(H,101,127)(H,102,123)(H,103,125)(H,104,121)(H,105,128)(H,110,111)(H,112,113)(H,114,115)(H,116,117)/t50-,51+,52+,57+,58-,64-,65-,66-,67-,68-,69-,70-,71-,79+/m0/s1. The van der Waals surface area contributed by atoms with E-state index >= 15 is 14.4 Å². The number of nitrogens with one attached hydrogen (secondary N) is 11. The van der Waals surface area contributed by atoms with E-state index in [-0.39, 0.29) is 78.5 Å². The highest BCUT2D eigenvalue weighted by molar-refractivity contribution is 7.99. The number of aromatic hydroxyl groups is 1. The number of thioether (sulfide) groups is 3. The maximum Gasteiger partial charge on any atom is 0.305 e. The predicted molar refractivity (Wildman–Crippen MR) is 497 cm³/mol. The summed E-state index contributed by atoms with van der Waals surface area (Å²) < 4.78 is 18.7. The molecule has 14 atom stereocenters. The number of rotatable bonds is 19. The monoisotopic (exact) mass is 1930 g/mol. The summed E-state index contributed by atoms with van der Waals surface area (Å²) in [5.41, 5.74) is 11.4. The molecule has 0 radical (unpaired) electrons. The number of benzene rings is 5. The Balaban J connectivity index is 1.31. The summed E-state index contributed by atoms with van der Waals surface area (Å²) in [5.74, 6) is -24.0. The molecule has 135 heavy (non-hydrogen) atoms. The third kappa shape index (κ3) is 37.7. The number of hydrogen-bond donors (Lipinski definition) is 18. The SMILES string of the molecule is C[C@H]1CSCCCOc2cc3cc(c2)OCCCSC[C@H](NC(=O)[C@@H](C)NC(=O)[C@H](Cc2cccc4ccccc24)CC(=O)[C@H](CCC(=O)O)NC(=O)[C@H](CC(N)=O)NC(=O)[C@@H](C)NC1=O)C(=O)N[C@@H](CCC(=O)O)C(=O)N[C@@H](CC(=O)O)C(=O)N[C@@H](Cc1ccccc1)C(=O)N[C@@H](Cc1ccc(O)cc1)C(=O)N[C@@H](CC(=O)O)C(=O)N[C@@H](C(C)(C)C)C(=O)C[C@H](C(N)=O)CSCCCO3. The Labute approximate surface area is 791 Å². The van der Waals surface area contributed by atoms with Gasteiger partial charge in [-0.25, -0.2) is 0 Å². The summed E-state index contributed by atoms with van der Waals surface area (Å²) in [5, 5.41) is 79.4. The fourth-order valence-corrected chi connectivity index (χ4v) is 17.3. The van der Waals surface area contributed by atoms with Gasteiger partial charge >= 0.3 is 23.9 Å². The molecular weight excluding hydrogens is 1820 g/mol. The molecule has 5 aromatic carbocycles. The lowest BCUT2D eigenvalue weighted by Gasteiger charge is -2.32. The summed E-state index contributed by atoms with van der Waals surface area (Å²) in [6.45, 7) is 9.06. The summed E-state index contributed by atoms with van der Waals surface area (Å²) in [4.78, 5) is 266. The highest BCUT2D eigenvalue weighted by Crippen LogP contribution is 2.31. The van der Waals surface area contributed by atoms with E-state index in [2.05, 4.69) is 58.5 Å². The normalized spacial score (nSPS) is 24.2. The summed E-state index contributed by atoms with van der Waals surface area (Å²) in [7, 11) is 0. The van der Waals surface area contributed by atoms with Crippen molar-refractivity contribution in [1.29, 1.82) is 0 Å². The first kappa shape index (κ1) is 109. The molecule has 5 aromatic rings. The Morgan fingerprint density at radius 3 is 1.36 bits per heavy atom. The fourth-order valence-electron chi connectivity index (χ4n) is 14.3. The maximum atomic E-state index is 15.1. The van der Waals surface area contributed by atoms with Crippen LogP contribution in [0.1, 0.15) is 135 Å². The zero-order chi connectivity index (χ0) is 99.2. The first-order valence-electron chi connectivity index (χ1n) is 43.9. The van der Waals surface area contributed by atoms with Gasteiger partial charge in [-0.2, -0.15) is 35.3 Å². The van der Waals surface area contributed by atoms with E-state index in [1.807, 2.05) is 0 Å². The van der Waals surface area contributed by atoms with Gasteiger partial charge in [0.1, 0.15) is 77.4 Å². The largest absolute Gasteiger partial charge is 0.508 e. The summed E-state index contributed by atoms with van der Waals surface area (Å²) in [6.07, 6.45) is -7.72. The Morgan fingerprint density at radius 2 is 0.837 bits per heavy atom. The van der Waals surface area contributed by atoms with Crippen molar-refractivity contribution in [2.45, 2.75) is 204 Å². The van der Waals surface area contributed by atoms with Crippen LogP contribution in [0, 0.1) is 23.2 Å². The van der Waals surface area contributed by atoms with Gasteiger partial charge in [0.25, 0.3) is 0 Å². The number of Topliss-reactive ketones (excluding diaryl/α,β-unsaturated/α-hetero) is 2. The molecule has 0 unspecified atom stereocenters. The van der Waals surface area contributed by atoms with Gasteiger partial charge in [0, 0.05) is 85.8 Å². The summed E-state index contributed by atoms with van der Waals surface area (Å²) in [6, 6.07) is 10.3. The molecule has 2 aliphatic rings. The highest BCUT2D eigenvalue weighted by Gasteiger charge is 2.41. The number of amides is 13. The van der Waals surface area contributed by atoms with Gasteiger partial charge in [-0.3, -0.25) is 91.1 Å². The van der Waals surface area contributed by atoms with Gasteiger partial charge in [-0.05, 0) is 115 Å². The van der Waals surface area contributed by atoms with Crippen LogP contribution in [-0.4, -0.2) is 259 Å². The number of fused-ring (bicyclic) bond motifs is 9. The topological polar surface area (TPSA) is 638 Å². The lowest BCUT2D eigenvalue weighted by Crippen LogP contribution is -2.61. The average Bonchev–Trinajstić information content (AvgIpc) is 0.822. The molecule has 0 aromatic heterocycles. The first-order chi connectivity index (χ1) is 64.0. The fraction of sp³-hybridized carbons (Fsp3) is 0.489. The van der Waals surface area contributed by atoms with Crippen LogP contribution in [0.15, 0.2) is 115 Å². The Morgan fingerprint density at radius 1 is 0.407 bits per heavy atom. The quantitative estimate of drug-likeness (QED) is 0.0562. The molecule has 2 aliphatic heterocycles. The van der Waals surface area contributed by atoms with Crippen LogP contribution < -0.4 is 84.2 Å². The molecular formula is C92H119N13O27S3. The minimum atomic E-state index is -2.20. The average molecular weight is 1940 g/mol. The van der Waals surface area contributed by atoms with Crippen molar-refractivity contribution in [3.05, 3.63) is 132 Å². The molecule has 13 amide bonds. The Bertz CT molecular complexity index is 5040. The van der Waals surface area contributed by atoms with Crippen molar-refractivity contribution in [1.82, 2.24) is 58.5 Å². The van der Waals surface area contributed by atoms with Crippen LogP contribution in [0.25, 0.3) is 10.8 Å². The van der Waals surface area contributed by atoms with Crippen molar-refractivity contribution < 1.29 is 131 Å². The number of nitrogens with two attached hydrogens (primary N) is 2. The number of hydrogen-bond acceptors (Lipinski definition) is 26. The van der Waals surface area contributed by atoms with Gasteiger partial charge in [-0.1, -0.05) is 113 Å². The third-order valence-corrected chi connectivity index (χ3v) is 25.3. The number of carboxylic acids is 4.